The zero-order chi connectivity index (χ0) is 20.5. The van der Waals surface area contributed by atoms with Crippen molar-refractivity contribution in [3.63, 3.8) is 0 Å². The lowest BCUT2D eigenvalue weighted by Gasteiger charge is -2.29. The quantitative estimate of drug-likeness (QED) is 0.799. The van der Waals surface area contributed by atoms with Crippen molar-refractivity contribution >= 4 is 27.0 Å². The minimum atomic E-state index is -3.50. The summed E-state index contributed by atoms with van der Waals surface area (Å²) in [6.07, 6.45) is 5.56. The van der Waals surface area contributed by atoms with Crippen LogP contribution in [0.5, 0.6) is 0 Å². The van der Waals surface area contributed by atoms with Crippen molar-refractivity contribution in [3.8, 4) is 0 Å². The van der Waals surface area contributed by atoms with Gasteiger partial charge < -0.3 is 9.88 Å². The molecule has 0 aliphatic heterocycles. The monoisotopic (exact) mass is 406 g/mol. The van der Waals surface area contributed by atoms with Crippen LogP contribution in [-0.4, -0.2) is 48.3 Å². The highest BCUT2D eigenvalue weighted by molar-refractivity contribution is 7.89. The average molecular weight is 407 g/mol. The molecule has 1 fully saturated rings. The Balaban J connectivity index is 1.71. The van der Waals surface area contributed by atoms with Gasteiger partial charge in [-0.05, 0) is 37.0 Å². The number of aromatic nitrogens is 2. The number of carbonyl (C=O) groups excluding carboxylic acids is 1. The SMILES string of the molecule is C[C@H]1CCCC[C@H]1NC(=O)CCc1nc2cc(S(=O)(=O)N(C)C)ccc2n1C. The molecule has 2 atom stereocenters. The van der Waals surface area contributed by atoms with E-state index in [1.165, 1.54) is 37.7 Å². The van der Waals surface area contributed by atoms with E-state index in [-0.39, 0.29) is 16.8 Å². The van der Waals surface area contributed by atoms with Gasteiger partial charge >= 0.3 is 0 Å². The van der Waals surface area contributed by atoms with Crippen LogP contribution < -0.4 is 5.32 Å². The number of sulfonamides is 1. The number of nitrogens with one attached hydrogen (secondary N) is 1. The van der Waals surface area contributed by atoms with Gasteiger partial charge in [0.1, 0.15) is 5.82 Å². The molecule has 2 aromatic rings. The Hall–Kier alpha value is -1.93. The molecule has 1 saturated carbocycles. The van der Waals surface area contributed by atoms with Crippen LogP contribution in [0.2, 0.25) is 0 Å². The van der Waals surface area contributed by atoms with Crippen LogP contribution in [0.25, 0.3) is 11.0 Å². The number of aryl methyl sites for hydroxylation is 2. The Kier molecular flexibility index (Phi) is 6.09. The number of rotatable bonds is 6. The van der Waals surface area contributed by atoms with Gasteiger partial charge in [0.05, 0.1) is 15.9 Å². The van der Waals surface area contributed by atoms with E-state index in [1.807, 2.05) is 11.6 Å². The van der Waals surface area contributed by atoms with Gasteiger partial charge in [-0.1, -0.05) is 19.8 Å². The van der Waals surface area contributed by atoms with E-state index < -0.39 is 10.0 Å². The molecule has 1 aliphatic rings. The molecule has 1 aromatic heterocycles. The normalized spacial score (nSPS) is 20.6. The van der Waals surface area contributed by atoms with E-state index in [0.717, 1.165) is 17.8 Å². The van der Waals surface area contributed by atoms with Gasteiger partial charge in [-0.2, -0.15) is 0 Å². The van der Waals surface area contributed by atoms with Crippen molar-refractivity contribution in [2.45, 2.75) is 56.4 Å². The zero-order valence-electron chi connectivity index (χ0n) is 17.1. The van der Waals surface area contributed by atoms with E-state index in [4.69, 9.17) is 0 Å². The van der Waals surface area contributed by atoms with E-state index >= 15 is 0 Å². The van der Waals surface area contributed by atoms with Gasteiger partial charge in [-0.15, -0.1) is 0 Å². The van der Waals surface area contributed by atoms with E-state index in [0.29, 0.717) is 24.3 Å². The molecule has 0 radical (unpaired) electrons. The van der Waals surface area contributed by atoms with Crippen molar-refractivity contribution in [3.05, 3.63) is 24.0 Å². The van der Waals surface area contributed by atoms with Gasteiger partial charge in [0.2, 0.25) is 15.9 Å². The maximum atomic E-state index is 12.4. The van der Waals surface area contributed by atoms with Crippen LogP contribution in [0, 0.1) is 5.92 Å². The standard InChI is InChI=1S/C20H30N4O3S/c1-14-7-5-6-8-16(14)22-20(25)12-11-19-21-17-13-15(28(26,27)23(2)3)9-10-18(17)24(19)4/h9-10,13-14,16H,5-8,11-12H2,1-4H3,(H,22,25)/t14-,16+/m0/s1. The Labute approximate surface area is 167 Å². The molecule has 0 unspecified atom stereocenters. The minimum Gasteiger partial charge on any atom is -0.353 e. The number of amides is 1. The molecule has 0 spiro atoms. The van der Waals surface area contributed by atoms with Crippen LogP contribution in [0.1, 0.15) is 44.9 Å². The van der Waals surface area contributed by atoms with Crippen molar-refractivity contribution in [1.82, 2.24) is 19.2 Å². The van der Waals surface area contributed by atoms with Crippen LogP contribution in [0.15, 0.2) is 23.1 Å². The Morgan fingerprint density at radius 3 is 2.68 bits per heavy atom. The molecule has 1 amide bonds. The average Bonchev–Trinajstić information content (AvgIpc) is 2.97. The molecular weight excluding hydrogens is 376 g/mol. The topological polar surface area (TPSA) is 84.3 Å². The molecule has 1 heterocycles. The molecule has 7 nitrogen and oxygen atoms in total. The maximum Gasteiger partial charge on any atom is 0.242 e. The summed E-state index contributed by atoms with van der Waals surface area (Å²) in [6.45, 7) is 2.20. The minimum absolute atomic E-state index is 0.0571. The lowest BCUT2D eigenvalue weighted by molar-refractivity contribution is -0.122. The highest BCUT2D eigenvalue weighted by Gasteiger charge is 2.23. The van der Waals surface area contributed by atoms with Crippen LogP contribution in [0.4, 0.5) is 0 Å². The highest BCUT2D eigenvalue weighted by atomic mass is 32.2. The number of fused-ring (bicyclic) bond motifs is 1. The molecule has 154 valence electrons. The number of imidazole rings is 1. The fourth-order valence-electron chi connectivity index (χ4n) is 3.86. The fraction of sp³-hybridized carbons (Fsp3) is 0.600. The molecule has 0 bridgehead atoms. The van der Waals surface area contributed by atoms with Gasteiger partial charge in [-0.3, -0.25) is 4.79 Å². The Bertz CT molecular complexity index is 965. The summed E-state index contributed by atoms with van der Waals surface area (Å²) < 4.78 is 27.8. The smallest absolute Gasteiger partial charge is 0.242 e. The third-order valence-electron chi connectivity index (χ3n) is 5.76. The van der Waals surface area contributed by atoms with Crippen molar-refractivity contribution < 1.29 is 13.2 Å². The zero-order valence-corrected chi connectivity index (χ0v) is 17.9. The molecule has 8 heteroatoms. The number of hydrogen-bond acceptors (Lipinski definition) is 4. The van der Waals surface area contributed by atoms with Crippen molar-refractivity contribution in [1.29, 1.82) is 0 Å². The van der Waals surface area contributed by atoms with E-state index in [2.05, 4.69) is 17.2 Å². The van der Waals surface area contributed by atoms with Crippen molar-refractivity contribution in [2.24, 2.45) is 13.0 Å². The Morgan fingerprint density at radius 1 is 1.29 bits per heavy atom. The van der Waals surface area contributed by atoms with E-state index in [9.17, 15) is 13.2 Å². The fourth-order valence-corrected chi connectivity index (χ4v) is 4.78. The summed E-state index contributed by atoms with van der Waals surface area (Å²) in [7, 11) is 1.41. The lowest BCUT2D eigenvalue weighted by Crippen LogP contribution is -2.41. The maximum absolute atomic E-state index is 12.4. The molecule has 1 aliphatic carbocycles. The van der Waals surface area contributed by atoms with Crippen molar-refractivity contribution in [2.75, 3.05) is 14.1 Å². The molecule has 1 N–H and O–H groups in total. The summed E-state index contributed by atoms with van der Waals surface area (Å²) in [4.78, 5) is 17.2. The first kappa shape index (κ1) is 20.8. The number of hydrogen-bond donors (Lipinski definition) is 1. The largest absolute Gasteiger partial charge is 0.353 e. The summed E-state index contributed by atoms with van der Waals surface area (Å²) >= 11 is 0. The number of nitrogens with zero attached hydrogens (tertiary/aromatic N) is 3. The summed E-state index contributed by atoms with van der Waals surface area (Å²) in [5.41, 5.74) is 1.48. The van der Waals surface area contributed by atoms with Crippen LogP contribution in [-0.2, 0) is 28.3 Å². The lowest BCUT2D eigenvalue weighted by atomic mass is 9.86. The highest BCUT2D eigenvalue weighted by Crippen LogP contribution is 2.24. The second-order valence-electron chi connectivity index (χ2n) is 7.96. The summed E-state index contributed by atoms with van der Waals surface area (Å²) in [6, 6.07) is 5.24. The Morgan fingerprint density at radius 2 is 2.00 bits per heavy atom. The number of benzene rings is 1. The predicted molar refractivity (Wildman–Crippen MR) is 109 cm³/mol. The second-order valence-corrected chi connectivity index (χ2v) is 10.1. The number of carbonyl (C=O) groups is 1. The molecule has 28 heavy (non-hydrogen) atoms. The van der Waals surface area contributed by atoms with Gasteiger partial charge in [0, 0.05) is 40.0 Å². The first-order chi connectivity index (χ1) is 13.2. The molecule has 1 aromatic carbocycles. The van der Waals surface area contributed by atoms with Crippen LogP contribution >= 0.6 is 0 Å². The predicted octanol–water partition coefficient (Wildman–Crippen LogP) is 2.45. The summed E-state index contributed by atoms with van der Waals surface area (Å²) in [5, 5.41) is 3.17. The van der Waals surface area contributed by atoms with Gasteiger partial charge in [0.25, 0.3) is 0 Å². The molecular formula is C20H30N4O3S. The summed E-state index contributed by atoms with van der Waals surface area (Å²) in [5.74, 6) is 1.37. The first-order valence-electron chi connectivity index (χ1n) is 9.87. The second kappa shape index (κ2) is 8.21. The first-order valence-corrected chi connectivity index (χ1v) is 11.3. The van der Waals surface area contributed by atoms with Gasteiger partial charge in [0.15, 0.2) is 0 Å². The molecule has 3 rings (SSSR count). The molecule has 0 saturated heterocycles. The third kappa shape index (κ3) is 4.22. The third-order valence-corrected chi connectivity index (χ3v) is 7.57. The van der Waals surface area contributed by atoms with Crippen LogP contribution in [0.3, 0.4) is 0 Å². The van der Waals surface area contributed by atoms with E-state index in [1.54, 1.807) is 18.2 Å². The van der Waals surface area contributed by atoms with Gasteiger partial charge in [-0.25, -0.2) is 17.7 Å².